The van der Waals surface area contributed by atoms with Crippen LogP contribution in [0.5, 0.6) is 0 Å². The van der Waals surface area contributed by atoms with Crippen molar-refractivity contribution in [1.82, 2.24) is 0 Å². The third kappa shape index (κ3) is 6.68. The molecular weight excluding hydrogens is 252 g/mol. The Labute approximate surface area is 121 Å². The fourth-order valence-corrected chi connectivity index (χ4v) is 1.68. The van der Waals surface area contributed by atoms with Crippen LogP contribution < -0.4 is 11.1 Å². The molecule has 0 radical (unpaired) electrons. The van der Waals surface area contributed by atoms with Gasteiger partial charge in [0.2, 0.25) is 5.91 Å². The molecule has 0 bridgehead atoms. The van der Waals surface area contributed by atoms with Gasteiger partial charge in [-0.25, -0.2) is 0 Å². The second-order valence-corrected chi connectivity index (χ2v) is 6.08. The van der Waals surface area contributed by atoms with Gasteiger partial charge in [-0.05, 0) is 23.5 Å². The van der Waals surface area contributed by atoms with Gasteiger partial charge in [0.1, 0.15) is 0 Å². The van der Waals surface area contributed by atoms with Gasteiger partial charge in [-0.15, -0.1) is 0 Å². The lowest BCUT2D eigenvalue weighted by molar-refractivity contribution is -0.117. The normalized spacial score (nSPS) is 11.4. The zero-order valence-corrected chi connectivity index (χ0v) is 12.7. The summed E-state index contributed by atoms with van der Waals surface area (Å²) in [5.74, 6) is -0.0401. The molecule has 0 aliphatic rings. The van der Waals surface area contributed by atoms with Gasteiger partial charge in [0, 0.05) is 18.8 Å². The SMILES string of the molecule is CC(C)(C)CCOCCC(=O)Nc1ccccc1CN. The van der Waals surface area contributed by atoms with E-state index in [-0.39, 0.29) is 11.3 Å². The number of para-hydroxylation sites is 1. The van der Waals surface area contributed by atoms with E-state index in [0.29, 0.717) is 26.2 Å². The van der Waals surface area contributed by atoms with Crippen molar-refractivity contribution in [3.05, 3.63) is 29.8 Å². The van der Waals surface area contributed by atoms with E-state index in [4.69, 9.17) is 10.5 Å². The fraction of sp³-hybridized carbons (Fsp3) is 0.562. The molecule has 1 amide bonds. The molecule has 0 atom stereocenters. The van der Waals surface area contributed by atoms with Crippen LogP contribution in [0.2, 0.25) is 0 Å². The Morgan fingerprint density at radius 3 is 2.60 bits per heavy atom. The summed E-state index contributed by atoms with van der Waals surface area (Å²) in [6.45, 7) is 8.08. The number of nitrogens with two attached hydrogens (primary N) is 1. The van der Waals surface area contributed by atoms with Gasteiger partial charge in [-0.3, -0.25) is 4.79 Å². The number of hydrogen-bond donors (Lipinski definition) is 2. The van der Waals surface area contributed by atoms with Crippen LogP contribution in [0.15, 0.2) is 24.3 Å². The van der Waals surface area contributed by atoms with E-state index in [0.717, 1.165) is 17.7 Å². The summed E-state index contributed by atoms with van der Waals surface area (Å²) >= 11 is 0. The Balaban J connectivity index is 2.27. The van der Waals surface area contributed by atoms with E-state index in [2.05, 4.69) is 26.1 Å². The van der Waals surface area contributed by atoms with E-state index in [1.54, 1.807) is 0 Å². The van der Waals surface area contributed by atoms with Crippen LogP contribution >= 0.6 is 0 Å². The van der Waals surface area contributed by atoms with Crippen molar-refractivity contribution < 1.29 is 9.53 Å². The molecule has 4 heteroatoms. The van der Waals surface area contributed by atoms with Crippen LogP contribution in [-0.2, 0) is 16.1 Å². The Bertz CT molecular complexity index is 425. The maximum absolute atomic E-state index is 11.8. The summed E-state index contributed by atoms with van der Waals surface area (Å²) < 4.78 is 5.49. The van der Waals surface area contributed by atoms with E-state index < -0.39 is 0 Å². The second-order valence-electron chi connectivity index (χ2n) is 6.08. The molecule has 0 fully saturated rings. The lowest BCUT2D eigenvalue weighted by Gasteiger charge is -2.17. The number of carbonyl (C=O) groups is 1. The predicted molar refractivity (Wildman–Crippen MR) is 82.5 cm³/mol. The Morgan fingerprint density at radius 1 is 1.25 bits per heavy atom. The van der Waals surface area contributed by atoms with Crippen molar-refractivity contribution >= 4 is 11.6 Å². The standard InChI is InChI=1S/C16H26N2O2/c1-16(2,3)9-11-20-10-8-15(19)18-14-7-5-4-6-13(14)12-17/h4-7H,8-12,17H2,1-3H3,(H,18,19). The van der Waals surface area contributed by atoms with Gasteiger partial charge in [0.05, 0.1) is 13.0 Å². The molecule has 112 valence electrons. The molecule has 4 nitrogen and oxygen atoms in total. The van der Waals surface area contributed by atoms with Gasteiger partial charge in [0.15, 0.2) is 0 Å². The first-order chi connectivity index (χ1) is 9.42. The summed E-state index contributed by atoms with van der Waals surface area (Å²) in [4.78, 5) is 11.8. The highest BCUT2D eigenvalue weighted by Gasteiger charge is 2.10. The highest BCUT2D eigenvalue weighted by molar-refractivity contribution is 5.91. The zero-order valence-electron chi connectivity index (χ0n) is 12.7. The number of anilines is 1. The van der Waals surface area contributed by atoms with Gasteiger partial charge in [0.25, 0.3) is 0 Å². The quantitative estimate of drug-likeness (QED) is 0.754. The number of carbonyl (C=O) groups excluding carboxylic acids is 1. The van der Waals surface area contributed by atoms with Gasteiger partial charge >= 0.3 is 0 Å². The average Bonchev–Trinajstić information content (AvgIpc) is 2.37. The predicted octanol–water partition coefficient (Wildman–Crippen LogP) is 2.93. The Morgan fingerprint density at radius 2 is 1.95 bits per heavy atom. The first kappa shape index (κ1) is 16.7. The Kier molecular flexibility index (Phi) is 6.68. The smallest absolute Gasteiger partial charge is 0.226 e. The highest BCUT2D eigenvalue weighted by Crippen LogP contribution is 2.18. The fourth-order valence-electron chi connectivity index (χ4n) is 1.68. The number of ether oxygens (including phenoxy) is 1. The van der Waals surface area contributed by atoms with E-state index in [1.165, 1.54) is 0 Å². The topological polar surface area (TPSA) is 64.3 Å². The largest absolute Gasteiger partial charge is 0.381 e. The molecule has 0 saturated carbocycles. The summed E-state index contributed by atoms with van der Waals surface area (Å²) in [5, 5.41) is 2.87. The molecule has 1 aromatic rings. The lowest BCUT2D eigenvalue weighted by atomic mass is 9.93. The summed E-state index contributed by atoms with van der Waals surface area (Å²) in [7, 11) is 0. The molecule has 1 aromatic carbocycles. The molecule has 20 heavy (non-hydrogen) atoms. The number of rotatable bonds is 7. The monoisotopic (exact) mass is 278 g/mol. The number of benzene rings is 1. The molecule has 0 aliphatic heterocycles. The van der Waals surface area contributed by atoms with Gasteiger partial charge in [-0.2, -0.15) is 0 Å². The molecule has 3 N–H and O–H groups in total. The third-order valence-corrected chi connectivity index (χ3v) is 2.98. The maximum Gasteiger partial charge on any atom is 0.226 e. The van der Waals surface area contributed by atoms with Crippen molar-refractivity contribution in [1.29, 1.82) is 0 Å². The molecule has 0 aromatic heterocycles. The van der Waals surface area contributed by atoms with Crippen LogP contribution in [0.4, 0.5) is 5.69 Å². The van der Waals surface area contributed by atoms with Crippen LogP contribution in [0.25, 0.3) is 0 Å². The molecule has 0 heterocycles. The minimum atomic E-state index is -0.0401. The molecule has 0 spiro atoms. The lowest BCUT2D eigenvalue weighted by Crippen LogP contribution is -2.17. The average molecular weight is 278 g/mol. The van der Waals surface area contributed by atoms with Gasteiger partial charge in [-0.1, -0.05) is 39.0 Å². The van der Waals surface area contributed by atoms with E-state index in [9.17, 15) is 4.79 Å². The van der Waals surface area contributed by atoms with E-state index >= 15 is 0 Å². The molecular formula is C16H26N2O2. The van der Waals surface area contributed by atoms with E-state index in [1.807, 2.05) is 24.3 Å². The number of amides is 1. The molecule has 1 rings (SSSR count). The summed E-state index contributed by atoms with van der Waals surface area (Å²) in [6, 6.07) is 7.57. The summed E-state index contributed by atoms with van der Waals surface area (Å²) in [6.07, 6.45) is 1.35. The van der Waals surface area contributed by atoms with Gasteiger partial charge < -0.3 is 15.8 Å². The molecule has 0 unspecified atom stereocenters. The Hall–Kier alpha value is -1.39. The number of nitrogens with one attached hydrogen (secondary N) is 1. The molecule has 0 aliphatic carbocycles. The highest BCUT2D eigenvalue weighted by atomic mass is 16.5. The zero-order chi connectivity index (χ0) is 15.0. The maximum atomic E-state index is 11.8. The van der Waals surface area contributed by atoms with Crippen molar-refractivity contribution in [3.63, 3.8) is 0 Å². The van der Waals surface area contributed by atoms with Crippen LogP contribution in [-0.4, -0.2) is 19.1 Å². The van der Waals surface area contributed by atoms with Crippen molar-refractivity contribution in [2.45, 2.75) is 40.2 Å². The van der Waals surface area contributed by atoms with Crippen LogP contribution in [0.3, 0.4) is 0 Å². The van der Waals surface area contributed by atoms with Crippen molar-refractivity contribution in [2.75, 3.05) is 18.5 Å². The molecule has 0 saturated heterocycles. The number of hydrogen-bond acceptors (Lipinski definition) is 3. The van der Waals surface area contributed by atoms with Crippen LogP contribution in [0.1, 0.15) is 39.2 Å². The van der Waals surface area contributed by atoms with Crippen molar-refractivity contribution in [3.8, 4) is 0 Å². The minimum Gasteiger partial charge on any atom is -0.381 e. The van der Waals surface area contributed by atoms with Crippen LogP contribution in [0, 0.1) is 5.41 Å². The third-order valence-electron chi connectivity index (χ3n) is 2.98. The van der Waals surface area contributed by atoms with Crippen molar-refractivity contribution in [2.24, 2.45) is 11.1 Å². The summed E-state index contributed by atoms with van der Waals surface area (Å²) in [5.41, 5.74) is 7.62. The minimum absolute atomic E-state index is 0.0401. The first-order valence-electron chi connectivity index (χ1n) is 7.08. The first-order valence-corrected chi connectivity index (χ1v) is 7.08. The second kappa shape index (κ2) is 8.02.